The van der Waals surface area contributed by atoms with Gasteiger partial charge in [-0.05, 0) is 56.3 Å². The first-order valence-electron chi connectivity index (χ1n) is 13.9. The van der Waals surface area contributed by atoms with E-state index in [-0.39, 0.29) is 24.1 Å². The molecule has 8 nitrogen and oxygen atoms in total. The molecule has 0 bridgehead atoms. The number of para-hydroxylation sites is 1. The highest BCUT2D eigenvalue weighted by Gasteiger charge is 2.38. The summed E-state index contributed by atoms with van der Waals surface area (Å²) < 4.78 is 6.28. The molecule has 3 unspecified atom stereocenters. The van der Waals surface area contributed by atoms with Crippen LogP contribution in [0.15, 0.2) is 88.8 Å². The van der Waals surface area contributed by atoms with Gasteiger partial charge in [-0.1, -0.05) is 60.7 Å². The van der Waals surface area contributed by atoms with Crippen molar-refractivity contribution in [2.45, 2.75) is 31.0 Å². The number of amidine groups is 1. The average molecular weight is 539 g/mol. The SMILES string of the molecule is CN(C)CCOC(c1ccccc1)c1cccc(C(=O)NCCCCN2C=NC3C(N)=Nc4ccccc4C32)c1. The summed E-state index contributed by atoms with van der Waals surface area (Å²) in [5.41, 5.74) is 11.0. The molecule has 1 amide bonds. The van der Waals surface area contributed by atoms with Gasteiger partial charge >= 0.3 is 0 Å². The van der Waals surface area contributed by atoms with Gasteiger partial charge in [0.05, 0.1) is 24.7 Å². The number of carbonyl (C=O) groups is 1. The number of ether oxygens (including phenoxy) is 1. The Morgan fingerprint density at radius 2 is 1.80 bits per heavy atom. The van der Waals surface area contributed by atoms with E-state index >= 15 is 0 Å². The lowest BCUT2D eigenvalue weighted by molar-refractivity contribution is 0.0686. The summed E-state index contributed by atoms with van der Waals surface area (Å²) in [7, 11) is 4.06. The molecule has 40 heavy (non-hydrogen) atoms. The molecule has 0 radical (unpaired) electrons. The normalized spacial score (nSPS) is 18.3. The fraction of sp³-hybridized carbons (Fsp3) is 0.344. The van der Waals surface area contributed by atoms with E-state index < -0.39 is 0 Å². The fourth-order valence-corrected chi connectivity index (χ4v) is 5.25. The summed E-state index contributed by atoms with van der Waals surface area (Å²) >= 11 is 0. The van der Waals surface area contributed by atoms with Crippen LogP contribution in [0.3, 0.4) is 0 Å². The van der Waals surface area contributed by atoms with Gasteiger partial charge in [0.2, 0.25) is 0 Å². The van der Waals surface area contributed by atoms with E-state index in [9.17, 15) is 4.79 Å². The molecule has 3 aromatic rings. The molecule has 0 spiro atoms. The number of hydrogen-bond acceptors (Lipinski definition) is 7. The molecule has 208 valence electrons. The van der Waals surface area contributed by atoms with Crippen LogP contribution in [-0.2, 0) is 4.74 Å². The number of carbonyl (C=O) groups excluding carboxylic acids is 1. The van der Waals surface area contributed by atoms with E-state index in [1.54, 1.807) is 0 Å². The summed E-state index contributed by atoms with van der Waals surface area (Å²) in [5.74, 6) is 0.490. The van der Waals surface area contributed by atoms with Gasteiger partial charge in [0.15, 0.2) is 0 Å². The summed E-state index contributed by atoms with van der Waals surface area (Å²) in [6.45, 7) is 2.85. The van der Waals surface area contributed by atoms with Crippen molar-refractivity contribution in [3.8, 4) is 0 Å². The smallest absolute Gasteiger partial charge is 0.251 e. The van der Waals surface area contributed by atoms with Crippen LogP contribution in [0.1, 0.15) is 52.0 Å². The van der Waals surface area contributed by atoms with Crippen LogP contribution in [0, 0.1) is 0 Å². The number of hydrogen-bond donors (Lipinski definition) is 2. The maximum Gasteiger partial charge on any atom is 0.251 e. The Morgan fingerprint density at radius 3 is 2.62 bits per heavy atom. The molecular formula is C32H38N6O2. The molecule has 3 N–H and O–H groups in total. The highest BCUT2D eigenvalue weighted by Crippen LogP contribution is 2.39. The summed E-state index contributed by atoms with van der Waals surface area (Å²) in [5, 5.41) is 3.09. The van der Waals surface area contributed by atoms with Crippen LogP contribution >= 0.6 is 0 Å². The van der Waals surface area contributed by atoms with Gasteiger partial charge in [0.25, 0.3) is 5.91 Å². The highest BCUT2D eigenvalue weighted by atomic mass is 16.5. The molecule has 5 rings (SSSR count). The number of unbranched alkanes of at least 4 members (excludes halogenated alkanes) is 1. The van der Waals surface area contributed by atoms with E-state index in [0.29, 0.717) is 24.6 Å². The Hall–Kier alpha value is -4.01. The number of rotatable bonds is 12. The highest BCUT2D eigenvalue weighted by molar-refractivity contribution is 5.95. The summed E-state index contributed by atoms with van der Waals surface area (Å²) in [6.07, 6.45) is 3.44. The standard InChI is InChI=1S/C32H38N6O2/c1-37(2)19-20-40-30(23-11-4-3-5-12-23)24-13-10-14-25(21-24)32(39)34-17-8-9-18-38-22-35-28-29(38)26-15-6-7-16-27(26)36-31(28)33/h3-7,10-16,21-22,28-30H,8-9,17-20H2,1-2H3,(H2,33,36)(H,34,39). The number of likely N-dealkylation sites (N-methyl/N-ethyl adjacent to an activating group) is 1. The average Bonchev–Trinajstić information content (AvgIpc) is 3.40. The molecule has 0 aliphatic carbocycles. The molecule has 3 atom stereocenters. The van der Waals surface area contributed by atoms with Crippen LogP contribution in [0.4, 0.5) is 5.69 Å². The number of benzene rings is 3. The van der Waals surface area contributed by atoms with Gasteiger partial charge < -0.3 is 25.6 Å². The maximum atomic E-state index is 13.0. The van der Waals surface area contributed by atoms with Crippen LogP contribution < -0.4 is 11.1 Å². The quantitative estimate of drug-likeness (QED) is 0.335. The van der Waals surface area contributed by atoms with Gasteiger partial charge in [-0.2, -0.15) is 0 Å². The largest absolute Gasteiger partial charge is 0.385 e. The Bertz CT molecular complexity index is 1360. The molecule has 2 aliphatic heterocycles. The Morgan fingerprint density at radius 1 is 1.02 bits per heavy atom. The number of fused-ring (bicyclic) bond motifs is 3. The predicted molar refractivity (Wildman–Crippen MR) is 160 cm³/mol. The van der Waals surface area contributed by atoms with E-state index in [0.717, 1.165) is 48.3 Å². The van der Waals surface area contributed by atoms with E-state index in [4.69, 9.17) is 10.5 Å². The Labute approximate surface area is 236 Å². The van der Waals surface area contributed by atoms with Gasteiger partial charge in [-0.15, -0.1) is 0 Å². The minimum Gasteiger partial charge on any atom is -0.385 e. The lowest BCUT2D eigenvalue weighted by Crippen LogP contribution is -2.39. The molecule has 3 aromatic carbocycles. The minimum absolute atomic E-state index is 0.0741. The number of nitrogens with zero attached hydrogens (tertiary/aromatic N) is 4. The first kappa shape index (κ1) is 27.6. The van der Waals surface area contributed by atoms with Gasteiger partial charge in [0, 0.05) is 30.8 Å². The van der Waals surface area contributed by atoms with Crippen molar-refractivity contribution >= 4 is 23.8 Å². The second-order valence-corrected chi connectivity index (χ2v) is 10.5. The Kier molecular flexibility index (Phi) is 8.88. The molecule has 8 heteroatoms. The van der Waals surface area contributed by atoms with Crippen molar-refractivity contribution in [2.24, 2.45) is 15.7 Å². The first-order valence-corrected chi connectivity index (χ1v) is 13.9. The monoisotopic (exact) mass is 538 g/mol. The van der Waals surface area contributed by atoms with E-state index in [1.165, 1.54) is 0 Å². The molecule has 2 heterocycles. The van der Waals surface area contributed by atoms with Crippen molar-refractivity contribution in [1.29, 1.82) is 0 Å². The van der Waals surface area contributed by atoms with E-state index in [1.807, 2.05) is 81.1 Å². The topological polar surface area (TPSA) is 95.5 Å². The zero-order chi connectivity index (χ0) is 27.9. The molecule has 0 saturated heterocycles. The fourth-order valence-electron chi connectivity index (χ4n) is 5.25. The number of aliphatic imine (C=N–C) groups is 2. The first-order chi connectivity index (χ1) is 19.5. The second kappa shape index (κ2) is 12.9. The minimum atomic E-state index is -0.233. The zero-order valence-corrected chi connectivity index (χ0v) is 23.2. The van der Waals surface area contributed by atoms with Gasteiger partial charge in [-0.3, -0.25) is 9.79 Å². The number of amides is 1. The van der Waals surface area contributed by atoms with Crippen LogP contribution in [0.5, 0.6) is 0 Å². The number of nitrogens with two attached hydrogens (primary N) is 1. The van der Waals surface area contributed by atoms with Crippen molar-refractivity contribution in [2.75, 3.05) is 40.3 Å². The molecule has 2 aliphatic rings. The third-order valence-corrected chi connectivity index (χ3v) is 7.35. The van der Waals surface area contributed by atoms with Gasteiger partial charge in [-0.25, -0.2) is 4.99 Å². The maximum absolute atomic E-state index is 13.0. The lowest BCUT2D eigenvalue weighted by Gasteiger charge is -2.31. The lowest BCUT2D eigenvalue weighted by atomic mass is 9.94. The summed E-state index contributed by atoms with van der Waals surface area (Å²) in [4.78, 5) is 26.5. The van der Waals surface area contributed by atoms with Crippen molar-refractivity contribution in [3.63, 3.8) is 0 Å². The molecule has 0 fully saturated rings. The van der Waals surface area contributed by atoms with Crippen molar-refractivity contribution in [1.82, 2.24) is 15.1 Å². The Balaban J connectivity index is 1.14. The van der Waals surface area contributed by atoms with E-state index in [2.05, 4.69) is 43.3 Å². The van der Waals surface area contributed by atoms with Crippen molar-refractivity contribution < 1.29 is 9.53 Å². The van der Waals surface area contributed by atoms with Crippen molar-refractivity contribution in [3.05, 3.63) is 101 Å². The molecule has 0 saturated carbocycles. The molecular weight excluding hydrogens is 500 g/mol. The van der Waals surface area contributed by atoms with Crippen LogP contribution in [-0.4, -0.2) is 74.3 Å². The summed E-state index contributed by atoms with van der Waals surface area (Å²) in [6, 6.07) is 26.0. The number of nitrogens with one attached hydrogen (secondary N) is 1. The van der Waals surface area contributed by atoms with Crippen LogP contribution in [0.25, 0.3) is 0 Å². The zero-order valence-electron chi connectivity index (χ0n) is 23.2. The third-order valence-electron chi connectivity index (χ3n) is 7.35. The van der Waals surface area contributed by atoms with Crippen LogP contribution in [0.2, 0.25) is 0 Å². The second-order valence-electron chi connectivity index (χ2n) is 10.5. The molecule has 0 aromatic heterocycles. The van der Waals surface area contributed by atoms with Gasteiger partial charge in [0.1, 0.15) is 18.0 Å². The predicted octanol–water partition coefficient (Wildman–Crippen LogP) is 4.32. The third kappa shape index (κ3) is 6.41.